The third kappa shape index (κ3) is 4.42. The Balaban J connectivity index is 1.64. The number of rotatable bonds is 7. The minimum Gasteiger partial charge on any atom is -0.455 e. The van der Waals surface area contributed by atoms with Crippen molar-refractivity contribution in [1.82, 2.24) is 0 Å². The van der Waals surface area contributed by atoms with E-state index >= 15 is 0 Å². The van der Waals surface area contributed by atoms with E-state index in [4.69, 9.17) is 10.5 Å². The number of primary amides is 1. The number of carbonyl (C=O) groups excluding carboxylic acids is 3. The van der Waals surface area contributed by atoms with E-state index in [-0.39, 0.29) is 0 Å². The molecule has 0 saturated carbocycles. The minimum atomic E-state index is -0.540. The van der Waals surface area contributed by atoms with Crippen molar-refractivity contribution in [2.75, 3.05) is 11.9 Å². The van der Waals surface area contributed by atoms with Crippen LogP contribution in [0.4, 0.5) is 5.00 Å². The number of carbonyl (C=O) groups is 3. The molecule has 1 unspecified atom stereocenters. The maximum absolute atomic E-state index is 12.4. The lowest BCUT2D eigenvalue weighted by atomic mass is 9.95. The normalized spacial score (nSPS) is 14.0. The summed E-state index contributed by atoms with van der Waals surface area (Å²) in [4.78, 5) is 37.7. The number of ether oxygens (including phenoxy) is 1. The molecular formula is C21H24N2O4S. The number of nitrogens with one attached hydrogen (secondary N) is 1. The van der Waals surface area contributed by atoms with Crippen LogP contribution in [0.5, 0.6) is 0 Å². The summed E-state index contributed by atoms with van der Waals surface area (Å²) in [5.41, 5.74) is 7.74. The highest BCUT2D eigenvalue weighted by Crippen LogP contribution is 2.37. The molecule has 0 radical (unpaired) electrons. The molecule has 1 heterocycles. The molecule has 1 aliphatic rings. The van der Waals surface area contributed by atoms with Crippen molar-refractivity contribution in [2.24, 2.45) is 5.73 Å². The lowest BCUT2D eigenvalue weighted by molar-refractivity contribution is -0.149. The van der Waals surface area contributed by atoms with Gasteiger partial charge in [-0.1, -0.05) is 37.3 Å². The highest BCUT2D eigenvalue weighted by atomic mass is 32.1. The van der Waals surface area contributed by atoms with Gasteiger partial charge >= 0.3 is 5.97 Å². The number of aryl methyl sites for hydroxylation is 1. The first-order chi connectivity index (χ1) is 13.5. The number of amides is 2. The third-order valence-electron chi connectivity index (χ3n) is 4.91. The molecule has 7 heteroatoms. The van der Waals surface area contributed by atoms with E-state index in [1.54, 1.807) is 0 Å². The summed E-state index contributed by atoms with van der Waals surface area (Å²) in [6, 6.07) is 9.34. The first kappa shape index (κ1) is 20.1. The van der Waals surface area contributed by atoms with E-state index in [2.05, 4.69) is 5.32 Å². The fourth-order valence-corrected chi connectivity index (χ4v) is 4.85. The monoisotopic (exact) mass is 400 g/mol. The van der Waals surface area contributed by atoms with Gasteiger partial charge in [0.25, 0.3) is 11.8 Å². The van der Waals surface area contributed by atoms with E-state index in [9.17, 15) is 14.4 Å². The number of nitrogens with two attached hydrogens (primary N) is 1. The number of benzene rings is 1. The fourth-order valence-electron chi connectivity index (χ4n) is 3.54. The summed E-state index contributed by atoms with van der Waals surface area (Å²) in [5.74, 6) is -1.87. The van der Waals surface area contributed by atoms with Gasteiger partial charge in [0.1, 0.15) is 5.00 Å². The molecule has 2 amide bonds. The SMILES string of the molecule is CCC(C(=O)OCC(=O)Nc1sc2c(c1C(N)=O)CCCC2)c1ccccc1. The van der Waals surface area contributed by atoms with E-state index < -0.39 is 30.3 Å². The van der Waals surface area contributed by atoms with Gasteiger partial charge in [-0.3, -0.25) is 14.4 Å². The fraction of sp³-hybridized carbons (Fsp3) is 0.381. The van der Waals surface area contributed by atoms with Crippen molar-refractivity contribution >= 4 is 34.1 Å². The minimum absolute atomic E-state index is 0.398. The zero-order valence-corrected chi connectivity index (χ0v) is 16.6. The lowest BCUT2D eigenvalue weighted by Crippen LogP contribution is -2.25. The Labute approximate surface area is 168 Å². The maximum atomic E-state index is 12.4. The quantitative estimate of drug-likeness (QED) is 0.696. The zero-order chi connectivity index (χ0) is 20.1. The number of hydrogen-bond acceptors (Lipinski definition) is 5. The summed E-state index contributed by atoms with van der Waals surface area (Å²) in [6.07, 6.45) is 4.33. The van der Waals surface area contributed by atoms with Crippen LogP contribution < -0.4 is 11.1 Å². The van der Waals surface area contributed by atoms with E-state index in [1.807, 2.05) is 37.3 Å². The molecular weight excluding hydrogens is 376 g/mol. The van der Waals surface area contributed by atoms with Crippen LogP contribution in [0.2, 0.25) is 0 Å². The Hall–Kier alpha value is -2.67. The van der Waals surface area contributed by atoms with Gasteiger partial charge in [-0.05, 0) is 43.2 Å². The molecule has 2 aromatic rings. The Morgan fingerprint density at radius 3 is 2.57 bits per heavy atom. The Kier molecular flexibility index (Phi) is 6.46. The van der Waals surface area contributed by atoms with Crippen molar-refractivity contribution in [3.63, 3.8) is 0 Å². The standard InChI is InChI=1S/C21H24N2O4S/c1-2-14(13-8-4-3-5-9-13)21(26)27-12-17(24)23-20-18(19(22)25)15-10-6-7-11-16(15)28-20/h3-5,8-9,14H,2,6-7,10-12H2,1H3,(H2,22,25)(H,23,24). The van der Waals surface area contributed by atoms with Gasteiger partial charge < -0.3 is 15.8 Å². The van der Waals surface area contributed by atoms with Crippen LogP contribution in [-0.4, -0.2) is 24.4 Å². The molecule has 3 rings (SSSR count). The first-order valence-electron chi connectivity index (χ1n) is 9.47. The molecule has 0 aliphatic heterocycles. The largest absolute Gasteiger partial charge is 0.455 e. The summed E-state index contributed by atoms with van der Waals surface area (Å²) in [7, 11) is 0. The second-order valence-corrected chi connectivity index (χ2v) is 7.91. The summed E-state index contributed by atoms with van der Waals surface area (Å²) in [6.45, 7) is 1.50. The van der Waals surface area contributed by atoms with Gasteiger partial charge in [0.2, 0.25) is 0 Å². The molecule has 1 aliphatic carbocycles. The Morgan fingerprint density at radius 2 is 1.89 bits per heavy atom. The van der Waals surface area contributed by atoms with Crippen molar-refractivity contribution in [3.05, 3.63) is 51.9 Å². The second kappa shape index (κ2) is 9.01. The average Bonchev–Trinajstić information content (AvgIpc) is 3.05. The zero-order valence-electron chi connectivity index (χ0n) is 15.8. The maximum Gasteiger partial charge on any atom is 0.313 e. The predicted molar refractivity (Wildman–Crippen MR) is 109 cm³/mol. The summed E-state index contributed by atoms with van der Waals surface area (Å²) >= 11 is 1.39. The van der Waals surface area contributed by atoms with Crippen molar-refractivity contribution in [1.29, 1.82) is 0 Å². The van der Waals surface area contributed by atoms with Crippen molar-refractivity contribution in [2.45, 2.75) is 44.9 Å². The highest BCUT2D eigenvalue weighted by Gasteiger charge is 2.26. The molecule has 1 atom stereocenters. The molecule has 28 heavy (non-hydrogen) atoms. The van der Waals surface area contributed by atoms with Gasteiger partial charge in [-0.15, -0.1) is 11.3 Å². The molecule has 0 spiro atoms. The second-order valence-electron chi connectivity index (χ2n) is 6.81. The predicted octanol–water partition coefficient (Wildman–Crippen LogP) is 3.40. The number of thiophene rings is 1. The molecule has 1 aromatic heterocycles. The van der Waals surface area contributed by atoms with Crippen molar-refractivity contribution in [3.8, 4) is 0 Å². The van der Waals surface area contributed by atoms with Gasteiger partial charge in [0.15, 0.2) is 6.61 Å². The number of anilines is 1. The van der Waals surface area contributed by atoms with Gasteiger partial charge in [0.05, 0.1) is 11.5 Å². The third-order valence-corrected chi connectivity index (χ3v) is 6.12. The first-order valence-corrected chi connectivity index (χ1v) is 10.3. The average molecular weight is 401 g/mol. The molecule has 148 valence electrons. The topological polar surface area (TPSA) is 98.5 Å². The smallest absolute Gasteiger partial charge is 0.313 e. The summed E-state index contributed by atoms with van der Waals surface area (Å²) in [5, 5.41) is 3.16. The van der Waals surface area contributed by atoms with Crippen LogP contribution in [0, 0.1) is 0 Å². The van der Waals surface area contributed by atoms with E-state index in [0.29, 0.717) is 17.0 Å². The van der Waals surface area contributed by atoms with Crippen LogP contribution in [0.3, 0.4) is 0 Å². The molecule has 3 N–H and O–H groups in total. The molecule has 1 aromatic carbocycles. The van der Waals surface area contributed by atoms with Crippen LogP contribution in [-0.2, 0) is 27.2 Å². The lowest BCUT2D eigenvalue weighted by Gasteiger charge is -2.14. The van der Waals surface area contributed by atoms with Crippen LogP contribution in [0.1, 0.15) is 58.5 Å². The molecule has 0 fully saturated rings. The van der Waals surface area contributed by atoms with Crippen LogP contribution >= 0.6 is 11.3 Å². The number of hydrogen-bond donors (Lipinski definition) is 2. The highest BCUT2D eigenvalue weighted by molar-refractivity contribution is 7.17. The molecule has 0 bridgehead atoms. The van der Waals surface area contributed by atoms with Crippen molar-refractivity contribution < 1.29 is 19.1 Å². The Morgan fingerprint density at radius 1 is 1.18 bits per heavy atom. The molecule has 6 nitrogen and oxygen atoms in total. The van der Waals surface area contributed by atoms with Gasteiger partial charge in [-0.2, -0.15) is 0 Å². The molecule has 0 saturated heterocycles. The van der Waals surface area contributed by atoms with E-state index in [1.165, 1.54) is 11.3 Å². The summed E-state index contributed by atoms with van der Waals surface area (Å²) < 4.78 is 5.22. The Bertz CT molecular complexity index is 876. The van der Waals surface area contributed by atoms with Crippen LogP contribution in [0.25, 0.3) is 0 Å². The van der Waals surface area contributed by atoms with E-state index in [0.717, 1.165) is 41.7 Å². The van der Waals surface area contributed by atoms with Gasteiger partial charge in [0, 0.05) is 4.88 Å². The number of esters is 1. The van der Waals surface area contributed by atoms with Crippen LogP contribution in [0.15, 0.2) is 30.3 Å². The number of fused-ring (bicyclic) bond motifs is 1. The van der Waals surface area contributed by atoms with Gasteiger partial charge in [-0.25, -0.2) is 0 Å².